The lowest BCUT2D eigenvalue weighted by molar-refractivity contribution is 0.447. The predicted octanol–water partition coefficient (Wildman–Crippen LogP) is -1.31. The summed E-state index contributed by atoms with van der Waals surface area (Å²) in [7, 11) is 1.65. The van der Waals surface area contributed by atoms with Crippen LogP contribution in [0.2, 0.25) is 0 Å². The molecule has 1 aromatic heterocycles. The maximum absolute atomic E-state index is 11.8. The van der Waals surface area contributed by atoms with Gasteiger partial charge in [-0.25, -0.2) is 4.98 Å². The van der Waals surface area contributed by atoms with Gasteiger partial charge in [-0.2, -0.15) is 22.5 Å². The third-order valence-corrected chi connectivity index (χ3v) is 3.88. The second-order valence-electron chi connectivity index (χ2n) is 3.94. The van der Waals surface area contributed by atoms with Crippen LogP contribution in [0.3, 0.4) is 0 Å². The Bertz CT molecular complexity index is 457. The molecule has 1 aromatic rings. The first-order valence-electron chi connectivity index (χ1n) is 5.65. The van der Waals surface area contributed by atoms with Crippen LogP contribution in [0, 0.1) is 0 Å². The number of nitrogens with zero attached hydrogens (tertiary/aromatic N) is 4. The average molecular weight is 276 g/mol. The normalized spacial score (nSPS) is 12.2. The van der Waals surface area contributed by atoms with E-state index in [9.17, 15) is 8.42 Å². The van der Waals surface area contributed by atoms with Gasteiger partial charge in [0.15, 0.2) is 5.82 Å². The number of hydrogen-bond acceptors (Lipinski definition) is 5. The molecule has 0 atom stereocenters. The molecule has 0 radical (unpaired) electrons. The minimum Gasteiger partial charge on any atom is -0.320 e. The van der Waals surface area contributed by atoms with Crippen molar-refractivity contribution in [2.24, 2.45) is 7.05 Å². The molecule has 0 saturated carbocycles. The topological polar surface area (TPSA) is 92.2 Å². The Hall–Kier alpha value is -1.03. The summed E-state index contributed by atoms with van der Waals surface area (Å²) in [4.78, 5) is 3.95. The van der Waals surface area contributed by atoms with E-state index in [4.69, 9.17) is 0 Å². The SMILES string of the molecule is CNCCCN(C)S(=O)(=O)NCc1ncn(C)n1. The van der Waals surface area contributed by atoms with Gasteiger partial charge in [-0.15, -0.1) is 0 Å². The second-order valence-corrected chi connectivity index (χ2v) is 5.80. The summed E-state index contributed by atoms with van der Waals surface area (Å²) in [6.45, 7) is 1.34. The summed E-state index contributed by atoms with van der Waals surface area (Å²) in [6.07, 6.45) is 2.29. The molecule has 0 bridgehead atoms. The van der Waals surface area contributed by atoms with Gasteiger partial charge in [0.25, 0.3) is 10.2 Å². The first-order chi connectivity index (χ1) is 8.45. The molecule has 8 nitrogen and oxygen atoms in total. The molecule has 0 saturated heterocycles. The van der Waals surface area contributed by atoms with Gasteiger partial charge >= 0.3 is 0 Å². The molecule has 0 aromatic carbocycles. The molecular weight excluding hydrogens is 256 g/mol. The van der Waals surface area contributed by atoms with Gasteiger partial charge in [0.2, 0.25) is 0 Å². The Labute approximate surface area is 108 Å². The van der Waals surface area contributed by atoms with Crippen LogP contribution in [0.15, 0.2) is 6.33 Å². The highest BCUT2D eigenvalue weighted by molar-refractivity contribution is 7.87. The van der Waals surface area contributed by atoms with Crippen LogP contribution in [0.25, 0.3) is 0 Å². The maximum atomic E-state index is 11.8. The van der Waals surface area contributed by atoms with Crippen molar-refractivity contribution in [2.75, 3.05) is 27.2 Å². The molecule has 0 fully saturated rings. The Morgan fingerprint density at radius 1 is 1.50 bits per heavy atom. The molecule has 1 heterocycles. The van der Waals surface area contributed by atoms with E-state index in [-0.39, 0.29) is 6.54 Å². The van der Waals surface area contributed by atoms with Crippen molar-refractivity contribution in [1.29, 1.82) is 0 Å². The summed E-state index contributed by atoms with van der Waals surface area (Å²) >= 11 is 0. The van der Waals surface area contributed by atoms with Gasteiger partial charge in [0, 0.05) is 20.6 Å². The Morgan fingerprint density at radius 2 is 2.22 bits per heavy atom. The summed E-state index contributed by atoms with van der Waals surface area (Å²) < 4.78 is 28.9. The third kappa shape index (κ3) is 4.69. The maximum Gasteiger partial charge on any atom is 0.279 e. The molecule has 0 aliphatic rings. The van der Waals surface area contributed by atoms with Gasteiger partial charge in [0.05, 0.1) is 6.54 Å². The van der Waals surface area contributed by atoms with Crippen LogP contribution in [0.5, 0.6) is 0 Å². The van der Waals surface area contributed by atoms with Crippen LogP contribution in [0.1, 0.15) is 12.2 Å². The van der Waals surface area contributed by atoms with Crippen molar-refractivity contribution in [1.82, 2.24) is 29.1 Å². The van der Waals surface area contributed by atoms with E-state index in [1.54, 1.807) is 14.1 Å². The molecule has 18 heavy (non-hydrogen) atoms. The van der Waals surface area contributed by atoms with Crippen LogP contribution < -0.4 is 10.0 Å². The number of hydrogen-bond donors (Lipinski definition) is 2. The average Bonchev–Trinajstić information content (AvgIpc) is 2.73. The predicted molar refractivity (Wildman–Crippen MR) is 67.9 cm³/mol. The van der Waals surface area contributed by atoms with E-state index in [1.165, 1.54) is 15.3 Å². The molecule has 0 aliphatic carbocycles. The van der Waals surface area contributed by atoms with Gasteiger partial charge in [-0.1, -0.05) is 0 Å². The fourth-order valence-electron chi connectivity index (χ4n) is 1.33. The summed E-state index contributed by atoms with van der Waals surface area (Å²) in [5.74, 6) is 0.449. The van der Waals surface area contributed by atoms with E-state index in [1.807, 2.05) is 7.05 Å². The van der Waals surface area contributed by atoms with Crippen molar-refractivity contribution in [3.63, 3.8) is 0 Å². The molecule has 0 amide bonds. The van der Waals surface area contributed by atoms with E-state index < -0.39 is 10.2 Å². The lowest BCUT2D eigenvalue weighted by Crippen LogP contribution is -2.39. The second kappa shape index (κ2) is 6.78. The number of nitrogens with one attached hydrogen (secondary N) is 2. The zero-order chi connectivity index (χ0) is 13.6. The molecule has 1 rings (SSSR count). The van der Waals surface area contributed by atoms with Crippen molar-refractivity contribution in [3.05, 3.63) is 12.2 Å². The van der Waals surface area contributed by atoms with Gasteiger partial charge in [-0.05, 0) is 20.0 Å². The van der Waals surface area contributed by atoms with E-state index in [2.05, 4.69) is 20.1 Å². The monoisotopic (exact) mass is 276 g/mol. The third-order valence-electron chi connectivity index (χ3n) is 2.37. The van der Waals surface area contributed by atoms with Crippen molar-refractivity contribution in [2.45, 2.75) is 13.0 Å². The minimum atomic E-state index is -3.46. The van der Waals surface area contributed by atoms with Crippen molar-refractivity contribution >= 4 is 10.2 Å². The van der Waals surface area contributed by atoms with Crippen LogP contribution in [-0.4, -0.2) is 54.7 Å². The highest BCUT2D eigenvalue weighted by Crippen LogP contribution is 1.97. The van der Waals surface area contributed by atoms with Crippen LogP contribution in [0.4, 0.5) is 0 Å². The molecule has 104 valence electrons. The fraction of sp³-hybridized carbons (Fsp3) is 0.778. The first-order valence-corrected chi connectivity index (χ1v) is 7.10. The number of aromatic nitrogens is 3. The summed E-state index contributed by atoms with van der Waals surface area (Å²) in [5, 5.41) is 6.97. The molecular formula is C9H20N6O2S. The Morgan fingerprint density at radius 3 is 2.78 bits per heavy atom. The highest BCUT2D eigenvalue weighted by atomic mass is 32.2. The zero-order valence-electron chi connectivity index (χ0n) is 10.9. The van der Waals surface area contributed by atoms with Crippen LogP contribution >= 0.6 is 0 Å². The standard InChI is InChI=1S/C9H20N6O2S/c1-10-5-4-6-15(3)18(16,17)12-7-9-11-8-14(2)13-9/h8,10,12H,4-7H2,1-3H3. The smallest absolute Gasteiger partial charge is 0.279 e. The summed E-state index contributed by atoms with van der Waals surface area (Å²) in [6, 6.07) is 0. The largest absolute Gasteiger partial charge is 0.320 e. The van der Waals surface area contributed by atoms with Crippen LogP contribution in [-0.2, 0) is 23.8 Å². The van der Waals surface area contributed by atoms with Gasteiger partial charge < -0.3 is 5.32 Å². The van der Waals surface area contributed by atoms with Crippen molar-refractivity contribution in [3.8, 4) is 0 Å². The van der Waals surface area contributed by atoms with Gasteiger partial charge in [0.1, 0.15) is 6.33 Å². The van der Waals surface area contributed by atoms with E-state index in [0.29, 0.717) is 12.4 Å². The van der Waals surface area contributed by atoms with E-state index in [0.717, 1.165) is 13.0 Å². The Balaban J connectivity index is 2.43. The molecule has 0 spiro atoms. The lowest BCUT2D eigenvalue weighted by atomic mass is 10.4. The zero-order valence-corrected chi connectivity index (χ0v) is 11.7. The molecule has 0 unspecified atom stereocenters. The number of aryl methyl sites for hydroxylation is 1. The first kappa shape index (κ1) is 15.0. The van der Waals surface area contributed by atoms with Crippen molar-refractivity contribution < 1.29 is 8.42 Å². The quantitative estimate of drug-likeness (QED) is 0.575. The fourth-order valence-corrected chi connectivity index (χ4v) is 2.23. The minimum absolute atomic E-state index is 0.0968. The molecule has 9 heteroatoms. The molecule has 2 N–H and O–H groups in total. The summed E-state index contributed by atoms with van der Waals surface area (Å²) in [5.41, 5.74) is 0. The lowest BCUT2D eigenvalue weighted by Gasteiger charge is -2.16. The van der Waals surface area contributed by atoms with E-state index >= 15 is 0 Å². The van der Waals surface area contributed by atoms with Gasteiger partial charge in [-0.3, -0.25) is 4.68 Å². The Kier molecular flexibility index (Phi) is 5.66. The molecule has 0 aliphatic heterocycles. The number of rotatable bonds is 8. The highest BCUT2D eigenvalue weighted by Gasteiger charge is 2.17.